The van der Waals surface area contributed by atoms with Gasteiger partial charge in [-0.15, -0.1) is 0 Å². The van der Waals surface area contributed by atoms with Gasteiger partial charge >= 0.3 is 5.97 Å². The van der Waals surface area contributed by atoms with Crippen LogP contribution in [-0.4, -0.2) is 12.1 Å². The summed E-state index contributed by atoms with van der Waals surface area (Å²) in [5.74, 6) is 0.645. The Morgan fingerprint density at radius 1 is 0.840 bits per heavy atom. The fraction of sp³-hybridized carbons (Fsp3) is 0.0952. The molecule has 0 aliphatic carbocycles. The van der Waals surface area contributed by atoms with Crippen molar-refractivity contribution in [2.24, 2.45) is 0 Å². The lowest BCUT2D eigenvalue weighted by molar-refractivity contribution is -0.141. The number of esters is 1. The largest absolute Gasteiger partial charge is 0.479 e. The summed E-state index contributed by atoms with van der Waals surface area (Å²) in [5, 5.41) is 1.90. The van der Waals surface area contributed by atoms with Gasteiger partial charge in [0.25, 0.3) is 0 Å². The molecule has 0 bridgehead atoms. The second-order valence-electron chi connectivity index (χ2n) is 5.75. The molecule has 0 aliphatic rings. The first-order valence-electron chi connectivity index (χ1n) is 8.05. The molecule has 0 unspecified atom stereocenters. The number of carbonyl (C=O) groups is 1. The highest BCUT2D eigenvalue weighted by molar-refractivity contribution is 6.05. The molecule has 3 aromatic carbocycles. The highest BCUT2D eigenvalue weighted by Crippen LogP contribution is 2.31. The van der Waals surface area contributed by atoms with Gasteiger partial charge in [-0.25, -0.2) is 4.79 Å². The molecule has 4 aromatic rings. The minimum atomic E-state index is -0.709. The van der Waals surface area contributed by atoms with Gasteiger partial charge in [0.05, 0.1) is 0 Å². The van der Waals surface area contributed by atoms with Crippen molar-refractivity contribution in [3.63, 3.8) is 0 Å². The first kappa shape index (κ1) is 15.3. The summed E-state index contributed by atoms with van der Waals surface area (Å²) < 4.78 is 16.8. The quantitative estimate of drug-likeness (QED) is 0.391. The van der Waals surface area contributed by atoms with Crippen molar-refractivity contribution >= 4 is 27.9 Å². The molecule has 0 saturated carbocycles. The van der Waals surface area contributed by atoms with Gasteiger partial charge in [0.15, 0.2) is 6.10 Å². The minimum absolute atomic E-state index is 0.448. The second-order valence-corrected chi connectivity index (χ2v) is 5.75. The molecule has 0 amide bonds. The lowest BCUT2D eigenvalue weighted by Gasteiger charge is -2.13. The lowest BCUT2D eigenvalue weighted by Crippen LogP contribution is -2.28. The first-order chi connectivity index (χ1) is 12.2. The van der Waals surface area contributed by atoms with Gasteiger partial charge in [0, 0.05) is 10.8 Å². The van der Waals surface area contributed by atoms with E-state index in [-0.39, 0.29) is 0 Å². The number of fused-ring (bicyclic) bond motifs is 3. The van der Waals surface area contributed by atoms with Crippen LogP contribution in [-0.2, 0) is 4.79 Å². The zero-order valence-corrected chi connectivity index (χ0v) is 13.6. The molecule has 0 spiro atoms. The molecule has 124 valence electrons. The van der Waals surface area contributed by atoms with E-state index >= 15 is 0 Å². The van der Waals surface area contributed by atoms with Crippen LogP contribution >= 0.6 is 0 Å². The van der Waals surface area contributed by atoms with Crippen molar-refractivity contribution in [2.45, 2.75) is 13.0 Å². The van der Waals surface area contributed by atoms with E-state index in [2.05, 4.69) is 0 Å². The molecule has 0 saturated heterocycles. The molecule has 1 aromatic heterocycles. The standard InChI is InChI=1S/C21H16O4/c1-14(23-15-7-3-2-4-8-15)21(22)24-16-11-12-20-18(13-16)17-9-5-6-10-19(17)25-20/h2-14H,1H3/t14-/m1/s1. The predicted molar refractivity (Wildman–Crippen MR) is 95.9 cm³/mol. The number of hydrogen-bond donors (Lipinski definition) is 0. The number of ether oxygens (including phenoxy) is 2. The van der Waals surface area contributed by atoms with Gasteiger partial charge < -0.3 is 13.9 Å². The Morgan fingerprint density at radius 3 is 2.40 bits per heavy atom. The number of hydrogen-bond acceptors (Lipinski definition) is 4. The Balaban J connectivity index is 1.55. The average molecular weight is 332 g/mol. The number of benzene rings is 3. The molecule has 4 rings (SSSR count). The number of carbonyl (C=O) groups excluding carboxylic acids is 1. The first-order valence-corrected chi connectivity index (χ1v) is 8.05. The minimum Gasteiger partial charge on any atom is -0.479 e. The van der Waals surface area contributed by atoms with Gasteiger partial charge in [0.2, 0.25) is 0 Å². The van der Waals surface area contributed by atoms with Crippen LogP contribution in [0.3, 0.4) is 0 Å². The van der Waals surface area contributed by atoms with Crippen molar-refractivity contribution in [3.05, 3.63) is 72.8 Å². The second kappa shape index (κ2) is 6.32. The highest BCUT2D eigenvalue weighted by atomic mass is 16.6. The number of furan rings is 1. The van der Waals surface area contributed by atoms with E-state index in [1.807, 2.05) is 48.5 Å². The fourth-order valence-electron chi connectivity index (χ4n) is 2.72. The topological polar surface area (TPSA) is 48.7 Å². The number of rotatable bonds is 4. The molecule has 0 radical (unpaired) electrons. The van der Waals surface area contributed by atoms with Crippen LogP contribution in [0.2, 0.25) is 0 Å². The third-order valence-corrected chi connectivity index (χ3v) is 3.95. The Labute approximate surface area is 144 Å². The molecule has 0 N–H and O–H groups in total. The van der Waals surface area contributed by atoms with Gasteiger partial charge in [-0.1, -0.05) is 36.4 Å². The van der Waals surface area contributed by atoms with Crippen molar-refractivity contribution < 1.29 is 18.7 Å². The van der Waals surface area contributed by atoms with Gasteiger partial charge in [-0.05, 0) is 43.3 Å². The molecule has 0 aliphatic heterocycles. The van der Waals surface area contributed by atoms with Crippen LogP contribution in [0.5, 0.6) is 11.5 Å². The molecule has 25 heavy (non-hydrogen) atoms. The van der Waals surface area contributed by atoms with Crippen molar-refractivity contribution in [3.8, 4) is 11.5 Å². The zero-order valence-electron chi connectivity index (χ0n) is 13.6. The van der Waals surface area contributed by atoms with Crippen molar-refractivity contribution in [1.29, 1.82) is 0 Å². The van der Waals surface area contributed by atoms with E-state index in [0.29, 0.717) is 11.5 Å². The van der Waals surface area contributed by atoms with E-state index in [4.69, 9.17) is 13.9 Å². The van der Waals surface area contributed by atoms with E-state index in [1.54, 1.807) is 31.2 Å². The number of para-hydroxylation sites is 2. The third kappa shape index (κ3) is 3.06. The Bertz CT molecular complexity index is 1030. The van der Waals surface area contributed by atoms with E-state index < -0.39 is 12.1 Å². The average Bonchev–Trinajstić information content (AvgIpc) is 3.00. The zero-order chi connectivity index (χ0) is 17.2. The van der Waals surface area contributed by atoms with Crippen molar-refractivity contribution in [2.75, 3.05) is 0 Å². The van der Waals surface area contributed by atoms with Crippen LogP contribution in [0, 0.1) is 0 Å². The lowest BCUT2D eigenvalue weighted by atomic mass is 10.1. The van der Waals surface area contributed by atoms with Gasteiger partial charge in [-0.3, -0.25) is 0 Å². The maximum Gasteiger partial charge on any atom is 0.352 e. The summed E-state index contributed by atoms with van der Waals surface area (Å²) in [6.07, 6.45) is -0.709. The fourth-order valence-corrected chi connectivity index (χ4v) is 2.72. The molecule has 4 nitrogen and oxygen atoms in total. The van der Waals surface area contributed by atoms with E-state index in [9.17, 15) is 4.79 Å². The monoisotopic (exact) mass is 332 g/mol. The van der Waals surface area contributed by atoms with Gasteiger partial charge in [0.1, 0.15) is 22.7 Å². The summed E-state index contributed by atoms with van der Waals surface area (Å²) in [7, 11) is 0. The van der Waals surface area contributed by atoms with Crippen LogP contribution < -0.4 is 9.47 Å². The predicted octanol–water partition coefficient (Wildman–Crippen LogP) is 4.96. The Hall–Kier alpha value is -3.27. The summed E-state index contributed by atoms with van der Waals surface area (Å²) >= 11 is 0. The highest BCUT2D eigenvalue weighted by Gasteiger charge is 2.18. The van der Waals surface area contributed by atoms with Crippen LogP contribution in [0.4, 0.5) is 0 Å². The molecule has 1 heterocycles. The van der Waals surface area contributed by atoms with Crippen LogP contribution in [0.1, 0.15) is 6.92 Å². The maximum atomic E-state index is 12.3. The molecular weight excluding hydrogens is 316 g/mol. The summed E-state index contributed by atoms with van der Waals surface area (Å²) in [5.41, 5.74) is 1.57. The summed E-state index contributed by atoms with van der Waals surface area (Å²) in [4.78, 5) is 12.3. The van der Waals surface area contributed by atoms with Crippen LogP contribution in [0.25, 0.3) is 21.9 Å². The Morgan fingerprint density at radius 2 is 1.56 bits per heavy atom. The van der Waals surface area contributed by atoms with Crippen molar-refractivity contribution in [1.82, 2.24) is 0 Å². The van der Waals surface area contributed by atoms with E-state index in [1.165, 1.54) is 0 Å². The van der Waals surface area contributed by atoms with Gasteiger partial charge in [-0.2, -0.15) is 0 Å². The molecule has 0 fully saturated rings. The Kier molecular flexibility index (Phi) is 3.86. The maximum absolute atomic E-state index is 12.3. The summed E-state index contributed by atoms with van der Waals surface area (Å²) in [6, 6.07) is 22.3. The van der Waals surface area contributed by atoms with E-state index in [0.717, 1.165) is 21.9 Å². The molecule has 1 atom stereocenters. The smallest absolute Gasteiger partial charge is 0.352 e. The normalized spacial score (nSPS) is 12.2. The molecule has 4 heteroatoms. The summed E-state index contributed by atoms with van der Waals surface area (Å²) in [6.45, 7) is 1.67. The van der Waals surface area contributed by atoms with Crippen LogP contribution in [0.15, 0.2) is 77.2 Å². The third-order valence-electron chi connectivity index (χ3n) is 3.95. The SMILES string of the molecule is C[C@@H](Oc1ccccc1)C(=O)Oc1ccc2oc3ccccc3c2c1. The molecular formula is C21H16O4.